The van der Waals surface area contributed by atoms with Crippen LogP contribution in [0.1, 0.15) is 6.42 Å². The van der Waals surface area contributed by atoms with Crippen molar-refractivity contribution in [3.8, 4) is 5.75 Å². The number of hydrogen-bond acceptors (Lipinski definition) is 6. The van der Waals surface area contributed by atoms with Gasteiger partial charge in [-0.25, -0.2) is 17.5 Å². The molecule has 1 aromatic rings. The molecular formula is C14H20FNO5S2. The summed E-state index contributed by atoms with van der Waals surface area (Å²) in [6.45, 7) is 0.0739. The molecule has 1 heterocycles. The average Bonchev–Trinajstić information content (AvgIpc) is 3.00. The van der Waals surface area contributed by atoms with Crippen molar-refractivity contribution >= 4 is 21.8 Å². The van der Waals surface area contributed by atoms with Crippen LogP contribution in [0.15, 0.2) is 23.1 Å². The Labute approximate surface area is 139 Å². The predicted molar refractivity (Wildman–Crippen MR) is 85.9 cm³/mol. The highest BCUT2D eigenvalue weighted by Crippen LogP contribution is 2.32. The highest BCUT2D eigenvalue weighted by Gasteiger charge is 2.37. The zero-order valence-electron chi connectivity index (χ0n) is 12.7. The number of thioether (sulfide) groups is 1. The molecule has 0 aliphatic carbocycles. The largest absolute Gasteiger partial charge is 0.495 e. The van der Waals surface area contributed by atoms with Gasteiger partial charge in [0.25, 0.3) is 0 Å². The molecule has 6 nitrogen and oxygen atoms in total. The van der Waals surface area contributed by atoms with Crippen molar-refractivity contribution in [3.05, 3.63) is 24.0 Å². The molecule has 1 aromatic carbocycles. The van der Waals surface area contributed by atoms with Crippen LogP contribution in [0.3, 0.4) is 0 Å². The summed E-state index contributed by atoms with van der Waals surface area (Å²) in [5.41, 5.74) is -0.652. The second kappa shape index (κ2) is 7.80. The molecule has 1 aliphatic heterocycles. The van der Waals surface area contributed by atoms with E-state index in [1.165, 1.54) is 13.2 Å². The Kier molecular flexibility index (Phi) is 6.26. The zero-order valence-corrected chi connectivity index (χ0v) is 14.4. The molecule has 0 spiro atoms. The van der Waals surface area contributed by atoms with Gasteiger partial charge in [-0.3, -0.25) is 0 Å². The number of aliphatic hydroxyl groups is 1. The van der Waals surface area contributed by atoms with Crippen molar-refractivity contribution in [1.82, 2.24) is 4.72 Å². The SMILES string of the molecule is COc1ccc(F)cc1S(=O)(=O)NCC1(OCCO)CCSC1. The fourth-order valence-corrected chi connectivity index (χ4v) is 4.97. The van der Waals surface area contributed by atoms with E-state index in [-0.39, 0.29) is 30.4 Å². The van der Waals surface area contributed by atoms with Gasteiger partial charge in [-0.1, -0.05) is 0 Å². The lowest BCUT2D eigenvalue weighted by Crippen LogP contribution is -2.45. The van der Waals surface area contributed by atoms with Crippen LogP contribution in [0.4, 0.5) is 4.39 Å². The molecule has 2 N–H and O–H groups in total. The smallest absolute Gasteiger partial charge is 0.244 e. The minimum atomic E-state index is -3.94. The number of methoxy groups -OCH3 is 1. The van der Waals surface area contributed by atoms with Crippen molar-refractivity contribution in [2.75, 3.05) is 38.4 Å². The molecule has 0 radical (unpaired) electrons. The van der Waals surface area contributed by atoms with Crippen LogP contribution in [0, 0.1) is 5.82 Å². The molecule has 1 unspecified atom stereocenters. The molecule has 0 saturated carbocycles. The Balaban J connectivity index is 2.16. The highest BCUT2D eigenvalue weighted by atomic mass is 32.2. The van der Waals surface area contributed by atoms with E-state index < -0.39 is 21.4 Å². The van der Waals surface area contributed by atoms with Crippen LogP contribution < -0.4 is 9.46 Å². The monoisotopic (exact) mass is 365 g/mol. The summed E-state index contributed by atoms with van der Waals surface area (Å²) < 4.78 is 51.4. The van der Waals surface area contributed by atoms with Crippen molar-refractivity contribution in [2.24, 2.45) is 0 Å². The number of benzene rings is 1. The number of aliphatic hydroxyl groups excluding tert-OH is 1. The third-order valence-corrected chi connectivity index (χ3v) is 6.21. The minimum absolute atomic E-state index is 0.0575. The van der Waals surface area contributed by atoms with E-state index in [9.17, 15) is 12.8 Å². The Hall–Kier alpha value is -0.870. The summed E-state index contributed by atoms with van der Waals surface area (Å²) in [7, 11) is -2.62. The van der Waals surface area contributed by atoms with Crippen LogP contribution in [0.5, 0.6) is 5.75 Å². The van der Waals surface area contributed by atoms with Gasteiger partial charge in [0.15, 0.2) is 0 Å². The fraction of sp³-hybridized carbons (Fsp3) is 0.571. The maximum atomic E-state index is 13.4. The summed E-state index contributed by atoms with van der Waals surface area (Å²) in [4.78, 5) is -0.247. The van der Waals surface area contributed by atoms with E-state index >= 15 is 0 Å². The quantitative estimate of drug-likeness (QED) is 0.715. The molecule has 0 amide bonds. The van der Waals surface area contributed by atoms with Crippen LogP contribution in [-0.4, -0.2) is 57.5 Å². The summed E-state index contributed by atoms with van der Waals surface area (Å²) in [6, 6.07) is 3.33. The van der Waals surface area contributed by atoms with E-state index in [1.807, 2.05) is 0 Å². The third kappa shape index (κ3) is 4.57. The van der Waals surface area contributed by atoms with Crippen LogP contribution >= 0.6 is 11.8 Å². The summed E-state index contributed by atoms with van der Waals surface area (Å²) in [5, 5.41) is 8.92. The second-order valence-electron chi connectivity index (χ2n) is 5.18. The predicted octanol–water partition coefficient (Wildman–Crippen LogP) is 0.997. The molecule has 23 heavy (non-hydrogen) atoms. The topological polar surface area (TPSA) is 84.9 Å². The number of sulfonamides is 1. The Morgan fingerprint density at radius 3 is 2.87 bits per heavy atom. The first kappa shape index (κ1) is 18.5. The molecular weight excluding hydrogens is 345 g/mol. The van der Waals surface area contributed by atoms with Crippen LogP contribution in [-0.2, 0) is 14.8 Å². The molecule has 1 aliphatic rings. The number of halogens is 1. The van der Waals surface area contributed by atoms with Gasteiger partial charge < -0.3 is 14.6 Å². The Morgan fingerprint density at radius 1 is 1.48 bits per heavy atom. The molecule has 0 aromatic heterocycles. The van der Waals surface area contributed by atoms with E-state index in [1.54, 1.807) is 11.8 Å². The Morgan fingerprint density at radius 2 is 2.26 bits per heavy atom. The van der Waals surface area contributed by atoms with E-state index in [2.05, 4.69) is 4.72 Å². The van der Waals surface area contributed by atoms with Gasteiger partial charge in [-0.2, -0.15) is 11.8 Å². The van der Waals surface area contributed by atoms with E-state index in [4.69, 9.17) is 14.6 Å². The molecule has 0 bridgehead atoms. The first-order chi connectivity index (χ1) is 10.9. The highest BCUT2D eigenvalue weighted by molar-refractivity contribution is 7.99. The molecule has 9 heteroatoms. The third-order valence-electron chi connectivity index (χ3n) is 3.57. The molecule has 2 rings (SSSR count). The normalized spacial score (nSPS) is 21.5. The van der Waals surface area contributed by atoms with Gasteiger partial charge in [-0.15, -0.1) is 0 Å². The van der Waals surface area contributed by atoms with Crippen molar-refractivity contribution < 1.29 is 27.4 Å². The van der Waals surface area contributed by atoms with Gasteiger partial charge >= 0.3 is 0 Å². The lowest BCUT2D eigenvalue weighted by Gasteiger charge is -2.28. The maximum Gasteiger partial charge on any atom is 0.244 e. The minimum Gasteiger partial charge on any atom is -0.495 e. The average molecular weight is 365 g/mol. The lowest BCUT2D eigenvalue weighted by molar-refractivity contribution is -0.0358. The van der Waals surface area contributed by atoms with Gasteiger partial charge in [0.1, 0.15) is 16.5 Å². The summed E-state index contributed by atoms with van der Waals surface area (Å²) in [6.07, 6.45) is 0.681. The zero-order chi connectivity index (χ0) is 16.9. The van der Waals surface area contributed by atoms with Crippen LogP contribution in [0.2, 0.25) is 0 Å². The second-order valence-corrected chi connectivity index (χ2v) is 8.02. The molecule has 1 saturated heterocycles. The standard InChI is InChI=1S/C14H20FNO5S2/c1-20-12-3-2-11(15)8-13(12)23(18,19)16-9-14(21-6-5-17)4-7-22-10-14/h2-3,8,16-17H,4-7,9-10H2,1H3. The van der Waals surface area contributed by atoms with Crippen LogP contribution in [0.25, 0.3) is 0 Å². The van der Waals surface area contributed by atoms with Gasteiger partial charge in [0.05, 0.1) is 25.9 Å². The summed E-state index contributed by atoms with van der Waals surface area (Å²) in [5.74, 6) is 0.908. The van der Waals surface area contributed by atoms with Crippen molar-refractivity contribution in [1.29, 1.82) is 0 Å². The van der Waals surface area contributed by atoms with Gasteiger partial charge in [0.2, 0.25) is 10.0 Å². The van der Waals surface area contributed by atoms with Gasteiger partial charge in [-0.05, 0) is 30.4 Å². The van der Waals surface area contributed by atoms with Crippen molar-refractivity contribution in [2.45, 2.75) is 16.9 Å². The number of rotatable bonds is 8. The molecule has 130 valence electrons. The van der Waals surface area contributed by atoms with Crippen molar-refractivity contribution in [3.63, 3.8) is 0 Å². The maximum absolute atomic E-state index is 13.4. The number of ether oxygens (including phenoxy) is 2. The van der Waals surface area contributed by atoms with Gasteiger partial charge in [0, 0.05) is 12.3 Å². The fourth-order valence-electron chi connectivity index (χ4n) is 2.32. The molecule has 1 fully saturated rings. The lowest BCUT2D eigenvalue weighted by atomic mass is 10.0. The van der Waals surface area contributed by atoms with E-state index in [0.29, 0.717) is 12.2 Å². The number of hydrogen-bond donors (Lipinski definition) is 2. The summed E-state index contributed by atoms with van der Waals surface area (Å²) >= 11 is 1.66. The number of nitrogens with one attached hydrogen (secondary N) is 1. The molecule has 1 atom stereocenters. The Bertz CT molecular complexity index is 632. The first-order valence-electron chi connectivity index (χ1n) is 7.08. The van der Waals surface area contributed by atoms with E-state index in [0.717, 1.165) is 17.9 Å². The first-order valence-corrected chi connectivity index (χ1v) is 9.72.